The van der Waals surface area contributed by atoms with E-state index in [-0.39, 0.29) is 5.69 Å². The molecule has 5 heteroatoms. The predicted octanol–water partition coefficient (Wildman–Crippen LogP) is 3.04. The Morgan fingerprint density at radius 2 is 2.14 bits per heavy atom. The van der Waals surface area contributed by atoms with Gasteiger partial charge in [0.05, 0.1) is 13.2 Å². The molecule has 0 fully saturated rings. The van der Waals surface area contributed by atoms with E-state index in [1.165, 1.54) is 0 Å². The smallest absolute Gasteiger partial charge is 0.232 e. The number of benzene rings is 1. The van der Waals surface area contributed by atoms with Gasteiger partial charge in [-0.25, -0.2) is 4.98 Å². The minimum absolute atomic E-state index is 0.279. The lowest BCUT2D eigenvalue weighted by Crippen LogP contribution is -1.99. The molecule has 0 spiro atoms. The van der Waals surface area contributed by atoms with Crippen LogP contribution in [-0.2, 0) is 11.3 Å². The molecule has 0 bridgehead atoms. The van der Waals surface area contributed by atoms with Gasteiger partial charge in [0.15, 0.2) is 5.89 Å². The van der Waals surface area contributed by atoms with Gasteiger partial charge in [-0.2, -0.15) is 5.26 Å². The van der Waals surface area contributed by atoms with Crippen molar-refractivity contribution >= 4 is 5.88 Å². The number of aromatic nitrogens is 1. The van der Waals surface area contributed by atoms with Crippen molar-refractivity contribution in [2.45, 2.75) is 13.5 Å². The summed E-state index contributed by atoms with van der Waals surface area (Å²) in [5.41, 5.74) is 1.43. The lowest BCUT2D eigenvalue weighted by atomic mass is 10.2. The molecule has 2 rings (SSSR count). The number of anilines is 1. The van der Waals surface area contributed by atoms with Crippen LogP contribution in [0.1, 0.15) is 17.1 Å². The molecule has 0 aliphatic heterocycles. The predicted molar refractivity (Wildman–Crippen MR) is 79.7 cm³/mol. The molecule has 0 atom stereocenters. The largest absolute Gasteiger partial charge is 0.424 e. The first kappa shape index (κ1) is 14.8. The third-order valence-electron chi connectivity index (χ3n) is 2.71. The third kappa shape index (κ3) is 4.79. The van der Waals surface area contributed by atoms with Gasteiger partial charge in [-0.05, 0) is 5.56 Å². The number of rotatable bonds is 7. The van der Waals surface area contributed by atoms with Crippen molar-refractivity contribution in [2.24, 2.45) is 0 Å². The molecule has 108 valence electrons. The normalized spacial score (nSPS) is 10.7. The minimum atomic E-state index is 0.279. The zero-order chi connectivity index (χ0) is 14.9. The summed E-state index contributed by atoms with van der Waals surface area (Å²) in [7, 11) is 0. The third-order valence-corrected chi connectivity index (χ3v) is 2.71. The van der Waals surface area contributed by atoms with Crippen LogP contribution >= 0.6 is 0 Å². The van der Waals surface area contributed by atoms with Crippen molar-refractivity contribution in [1.29, 1.82) is 5.26 Å². The number of nitrogens with zero attached hydrogens (tertiary/aromatic N) is 2. The van der Waals surface area contributed by atoms with Crippen molar-refractivity contribution in [3.05, 3.63) is 59.6 Å². The molecule has 2 aromatic rings. The Morgan fingerprint density at radius 1 is 1.33 bits per heavy atom. The van der Waals surface area contributed by atoms with Gasteiger partial charge in [-0.15, -0.1) is 0 Å². The van der Waals surface area contributed by atoms with Gasteiger partial charge >= 0.3 is 0 Å². The molecule has 1 aromatic carbocycles. The van der Waals surface area contributed by atoms with E-state index in [1.807, 2.05) is 48.6 Å². The van der Waals surface area contributed by atoms with Crippen LogP contribution < -0.4 is 5.32 Å². The quantitative estimate of drug-likeness (QED) is 0.624. The second kappa shape index (κ2) is 7.88. The maximum absolute atomic E-state index is 8.86. The maximum atomic E-state index is 8.86. The number of ether oxygens (including phenoxy) is 1. The van der Waals surface area contributed by atoms with E-state index in [4.69, 9.17) is 14.4 Å². The van der Waals surface area contributed by atoms with E-state index in [2.05, 4.69) is 10.3 Å². The number of nitriles is 1. The molecule has 1 N–H and O–H groups in total. The Bertz CT molecular complexity index is 627. The van der Waals surface area contributed by atoms with E-state index < -0.39 is 0 Å². The highest BCUT2D eigenvalue weighted by Crippen LogP contribution is 2.14. The highest BCUT2D eigenvalue weighted by atomic mass is 16.5. The molecule has 0 aliphatic rings. The summed E-state index contributed by atoms with van der Waals surface area (Å²) in [5.74, 6) is 0.883. The molecule has 0 saturated carbocycles. The lowest BCUT2D eigenvalue weighted by Gasteiger charge is -2.01. The Kier molecular flexibility index (Phi) is 5.56. The summed E-state index contributed by atoms with van der Waals surface area (Å²) < 4.78 is 10.8. The van der Waals surface area contributed by atoms with Gasteiger partial charge in [-0.1, -0.05) is 42.5 Å². The molecular formula is C16H17N3O2. The summed E-state index contributed by atoms with van der Waals surface area (Å²) in [5, 5.41) is 11.9. The summed E-state index contributed by atoms with van der Waals surface area (Å²) in [6.45, 7) is 3.40. The molecule has 1 aromatic heterocycles. The van der Waals surface area contributed by atoms with Crippen molar-refractivity contribution in [3.8, 4) is 6.07 Å². The Hall–Kier alpha value is -2.58. The zero-order valence-corrected chi connectivity index (χ0v) is 11.9. The van der Waals surface area contributed by atoms with Crippen LogP contribution in [0, 0.1) is 18.3 Å². The average molecular weight is 283 g/mol. The average Bonchev–Trinajstić information content (AvgIpc) is 2.87. The molecule has 0 saturated heterocycles. The van der Waals surface area contributed by atoms with Crippen LogP contribution in [0.15, 0.2) is 46.9 Å². The maximum Gasteiger partial charge on any atom is 0.232 e. The van der Waals surface area contributed by atoms with E-state index in [1.54, 1.807) is 6.92 Å². The highest BCUT2D eigenvalue weighted by molar-refractivity contribution is 5.45. The van der Waals surface area contributed by atoms with Gasteiger partial charge in [-0.3, -0.25) is 0 Å². The summed E-state index contributed by atoms with van der Waals surface area (Å²) in [4.78, 5) is 3.95. The first-order valence-electron chi connectivity index (χ1n) is 6.67. The standard InChI is InChI=1S/C16H17N3O2/c1-13-19-15(11-17)16(21-13)18-9-5-6-10-20-12-14-7-3-2-4-8-14/h2-8,18H,9-10,12H2,1H3/b6-5+. The SMILES string of the molecule is Cc1nc(C#N)c(NC/C=C/COCc2ccccc2)o1. The summed E-state index contributed by atoms with van der Waals surface area (Å²) >= 11 is 0. The van der Waals surface area contributed by atoms with Gasteiger partial charge in [0.1, 0.15) is 6.07 Å². The molecule has 0 unspecified atom stereocenters. The van der Waals surface area contributed by atoms with Crippen molar-refractivity contribution in [2.75, 3.05) is 18.5 Å². The Morgan fingerprint density at radius 3 is 2.90 bits per heavy atom. The van der Waals surface area contributed by atoms with Crippen LogP contribution in [0.2, 0.25) is 0 Å². The van der Waals surface area contributed by atoms with Gasteiger partial charge < -0.3 is 14.5 Å². The summed E-state index contributed by atoms with van der Waals surface area (Å²) in [6.07, 6.45) is 3.84. The fourth-order valence-electron chi connectivity index (χ4n) is 1.74. The van der Waals surface area contributed by atoms with Crippen molar-refractivity contribution in [1.82, 2.24) is 4.98 Å². The molecule has 21 heavy (non-hydrogen) atoms. The van der Waals surface area contributed by atoms with Crippen LogP contribution in [0.4, 0.5) is 5.88 Å². The van der Waals surface area contributed by atoms with Gasteiger partial charge in [0.25, 0.3) is 0 Å². The molecule has 0 amide bonds. The van der Waals surface area contributed by atoms with Gasteiger partial charge in [0.2, 0.25) is 11.6 Å². The number of hydrogen-bond donors (Lipinski definition) is 1. The molecular weight excluding hydrogens is 266 g/mol. The number of hydrogen-bond acceptors (Lipinski definition) is 5. The van der Waals surface area contributed by atoms with Crippen LogP contribution in [0.3, 0.4) is 0 Å². The Labute approximate surface area is 123 Å². The second-order valence-corrected chi connectivity index (χ2v) is 4.38. The monoisotopic (exact) mass is 283 g/mol. The van der Waals surface area contributed by atoms with E-state index in [0.29, 0.717) is 31.5 Å². The fourth-order valence-corrected chi connectivity index (χ4v) is 1.74. The molecule has 0 aliphatic carbocycles. The van der Waals surface area contributed by atoms with E-state index in [9.17, 15) is 0 Å². The first-order chi connectivity index (χ1) is 10.3. The first-order valence-corrected chi connectivity index (χ1v) is 6.67. The van der Waals surface area contributed by atoms with Crippen molar-refractivity contribution < 1.29 is 9.15 Å². The number of aryl methyl sites for hydroxylation is 1. The highest BCUT2D eigenvalue weighted by Gasteiger charge is 2.08. The summed E-state index contributed by atoms with van der Waals surface area (Å²) in [6, 6.07) is 12.0. The number of oxazole rings is 1. The lowest BCUT2D eigenvalue weighted by molar-refractivity contribution is 0.148. The van der Waals surface area contributed by atoms with Gasteiger partial charge in [0, 0.05) is 13.5 Å². The molecule has 5 nitrogen and oxygen atoms in total. The Balaban J connectivity index is 1.66. The van der Waals surface area contributed by atoms with E-state index >= 15 is 0 Å². The van der Waals surface area contributed by atoms with Crippen LogP contribution in [0.5, 0.6) is 0 Å². The second-order valence-electron chi connectivity index (χ2n) is 4.38. The fraction of sp³-hybridized carbons (Fsp3) is 0.250. The molecule has 0 radical (unpaired) electrons. The zero-order valence-electron chi connectivity index (χ0n) is 11.9. The van der Waals surface area contributed by atoms with Crippen LogP contribution in [-0.4, -0.2) is 18.1 Å². The van der Waals surface area contributed by atoms with Crippen molar-refractivity contribution in [3.63, 3.8) is 0 Å². The van der Waals surface area contributed by atoms with Crippen LogP contribution in [0.25, 0.3) is 0 Å². The number of nitrogens with one attached hydrogen (secondary N) is 1. The minimum Gasteiger partial charge on any atom is -0.424 e. The topological polar surface area (TPSA) is 71.1 Å². The van der Waals surface area contributed by atoms with E-state index in [0.717, 1.165) is 5.56 Å². The molecule has 1 heterocycles.